The number of nitrogen functional groups attached to an aromatic ring is 1. The number of pyridine rings is 1. The van der Waals surface area contributed by atoms with Crippen LogP contribution in [0.15, 0.2) is 49.2 Å². The summed E-state index contributed by atoms with van der Waals surface area (Å²) in [5.41, 5.74) is 8.26. The van der Waals surface area contributed by atoms with Gasteiger partial charge in [-0.05, 0) is 31.0 Å². The Morgan fingerprint density at radius 3 is 2.77 bits per heavy atom. The van der Waals surface area contributed by atoms with E-state index in [4.69, 9.17) is 10.5 Å². The lowest BCUT2D eigenvalue weighted by Gasteiger charge is -2.31. The zero-order chi connectivity index (χ0) is 24.4. The minimum atomic E-state index is -0.995. The summed E-state index contributed by atoms with van der Waals surface area (Å²) in [5.74, 6) is -1.49. The Morgan fingerprint density at radius 2 is 1.97 bits per heavy atom. The molecule has 0 unspecified atom stereocenters. The normalized spacial score (nSPS) is 15.1. The van der Waals surface area contributed by atoms with Crippen LogP contribution in [0.4, 0.5) is 14.6 Å². The van der Waals surface area contributed by atoms with Crippen molar-refractivity contribution in [1.82, 2.24) is 34.4 Å². The summed E-state index contributed by atoms with van der Waals surface area (Å²) >= 11 is 0. The molecule has 0 aliphatic carbocycles. The minimum absolute atomic E-state index is 0.0144. The molecule has 0 saturated carbocycles. The van der Waals surface area contributed by atoms with Gasteiger partial charge in [0.2, 0.25) is 0 Å². The molecular weight excluding hydrogens is 454 g/mol. The number of hydrogen-bond acceptors (Lipinski definition) is 7. The van der Waals surface area contributed by atoms with Crippen LogP contribution in [-0.2, 0) is 4.74 Å². The van der Waals surface area contributed by atoms with E-state index >= 15 is 0 Å². The molecule has 0 bridgehead atoms. The zero-order valence-corrected chi connectivity index (χ0v) is 19.3. The lowest BCUT2D eigenvalue weighted by Crippen LogP contribution is -2.36. The summed E-state index contributed by atoms with van der Waals surface area (Å²) in [6.07, 6.45) is 8.80. The van der Waals surface area contributed by atoms with Gasteiger partial charge in [0.25, 0.3) is 0 Å². The van der Waals surface area contributed by atoms with Crippen molar-refractivity contribution in [2.75, 3.05) is 39.1 Å². The maximum Gasteiger partial charge on any atom is 0.182 e. The van der Waals surface area contributed by atoms with Gasteiger partial charge in [0.05, 0.1) is 30.1 Å². The Bertz CT molecular complexity index is 1310. The topological polar surface area (TPSA) is 99.9 Å². The zero-order valence-electron chi connectivity index (χ0n) is 19.3. The predicted molar refractivity (Wildman–Crippen MR) is 127 cm³/mol. The van der Waals surface area contributed by atoms with Crippen molar-refractivity contribution in [3.63, 3.8) is 0 Å². The van der Waals surface area contributed by atoms with Gasteiger partial charge >= 0.3 is 0 Å². The third kappa shape index (κ3) is 4.64. The minimum Gasteiger partial charge on any atom is -0.383 e. The highest BCUT2D eigenvalue weighted by molar-refractivity contribution is 5.76. The molecule has 11 heteroatoms. The molecule has 4 heterocycles. The quantitative estimate of drug-likeness (QED) is 0.433. The lowest BCUT2D eigenvalue weighted by atomic mass is 10.1. The fraction of sp³-hybridized carbons (Fsp3) is 0.333. The molecule has 0 spiro atoms. The number of benzene rings is 1. The molecule has 1 aromatic carbocycles. The molecule has 9 nitrogen and oxygen atoms in total. The number of nitrogens with zero attached hydrogens (tertiary/aromatic N) is 7. The summed E-state index contributed by atoms with van der Waals surface area (Å²) in [7, 11) is 1.72. The molecule has 182 valence electrons. The largest absolute Gasteiger partial charge is 0.383 e. The molecular formula is C24H26F2N8O. The van der Waals surface area contributed by atoms with E-state index < -0.39 is 11.6 Å². The summed E-state index contributed by atoms with van der Waals surface area (Å²) in [4.78, 5) is 6.72. The summed E-state index contributed by atoms with van der Waals surface area (Å²) in [6.45, 7) is 3.69. The second-order valence-electron chi connectivity index (χ2n) is 8.53. The Kier molecular flexibility index (Phi) is 6.51. The van der Waals surface area contributed by atoms with E-state index in [0.717, 1.165) is 56.3 Å². The van der Waals surface area contributed by atoms with E-state index in [0.29, 0.717) is 11.6 Å². The third-order valence-corrected chi connectivity index (χ3v) is 6.38. The SMILES string of the molecule is COCCN1CCC(n2cc(-c3cnc(N)c(-c4nncn4-c4cccc(F)c4F)c3)cn2)CC1. The van der Waals surface area contributed by atoms with Gasteiger partial charge in [0.15, 0.2) is 17.5 Å². The number of anilines is 1. The smallest absolute Gasteiger partial charge is 0.182 e. The first-order chi connectivity index (χ1) is 17.0. The number of aromatic nitrogens is 6. The van der Waals surface area contributed by atoms with Gasteiger partial charge in [-0.1, -0.05) is 6.07 Å². The lowest BCUT2D eigenvalue weighted by molar-refractivity contribution is 0.119. The molecule has 0 radical (unpaired) electrons. The maximum absolute atomic E-state index is 14.5. The van der Waals surface area contributed by atoms with Gasteiger partial charge in [-0.2, -0.15) is 5.10 Å². The number of methoxy groups -OCH3 is 1. The number of ether oxygens (including phenoxy) is 1. The predicted octanol–water partition coefficient (Wildman–Crippen LogP) is 3.34. The van der Waals surface area contributed by atoms with Crippen LogP contribution in [-0.4, -0.2) is 67.8 Å². The molecule has 2 N–H and O–H groups in total. The van der Waals surface area contributed by atoms with Crippen molar-refractivity contribution in [2.45, 2.75) is 18.9 Å². The Balaban J connectivity index is 1.40. The number of piperidine rings is 1. The van der Waals surface area contributed by atoms with Crippen molar-refractivity contribution in [3.05, 3.63) is 60.8 Å². The van der Waals surface area contributed by atoms with Crippen LogP contribution in [0.2, 0.25) is 0 Å². The maximum atomic E-state index is 14.5. The number of hydrogen-bond donors (Lipinski definition) is 1. The van der Waals surface area contributed by atoms with E-state index in [1.807, 2.05) is 16.9 Å². The summed E-state index contributed by atoms with van der Waals surface area (Å²) in [5, 5.41) is 12.6. The van der Waals surface area contributed by atoms with Crippen molar-refractivity contribution in [2.24, 2.45) is 0 Å². The average Bonchev–Trinajstić information content (AvgIpc) is 3.56. The van der Waals surface area contributed by atoms with Gasteiger partial charge in [0, 0.05) is 50.3 Å². The number of likely N-dealkylation sites (tertiary alicyclic amines) is 1. The number of nitrogens with two attached hydrogens (primary N) is 1. The van der Waals surface area contributed by atoms with E-state index in [9.17, 15) is 8.78 Å². The van der Waals surface area contributed by atoms with Crippen LogP contribution in [0.3, 0.4) is 0 Å². The first kappa shape index (κ1) is 23.1. The van der Waals surface area contributed by atoms with E-state index in [-0.39, 0.29) is 17.3 Å². The van der Waals surface area contributed by atoms with Gasteiger partial charge < -0.3 is 15.4 Å². The Morgan fingerprint density at radius 1 is 1.14 bits per heavy atom. The van der Waals surface area contributed by atoms with Crippen molar-refractivity contribution in [1.29, 1.82) is 0 Å². The van der Waals surface area contributed by atoms with Crippen LogP contribution in [0.25, 0.3) is 28.2 Å². The van der Waals surface area contributed by atoms with Gasteiger partial charge in [-0.3, -0.25) is 9.25 Å². The number of rotatable bonds is 7. The Labute approximate surface area is 201 Å². The van der Waals surface area contributed by atoms with E-state index in [1.165, 1.54) is 23.0 Å². The molecule has 1 fully saturated rings. The van der Waals surface area contributed by atoms with Gasteiger partial charge in [0.1, 0.15) is 12.1 Å². The fourth-order valence-electron chi connectivity index (χ4n) is 4.40. The van der Waals surface area contributed by atoms with E-state index in [1.54, 1.807) is 19.5 Å². The van der Waals surface area contributed by atoms with Crippen LogP contribution in [0.5, 0.6) is 0 Å². The first-order valence-corrected chi connectivity index (χ1v) is 11.4. The second-order valence-corrected chi connectivity index (χ2v) is 8.53. The monoisotopic (exact) mass is 480 g/mol. The van der Waals surface area contributed by atoms with Crippen LogP contribution in [0, 0.1) is 11.6 Å². The molecule has 4 aromatic rings. The Hall–Kier alpha value is -3.70. The summed E-state index contributed by atoms with van der Waals surface area (Å²) in [6, 6.07) is 6.06. The van der Waals surface area contributed by atoms with E-state index in [2.05, 4.69) is 25.2 Å². The highest BCUT2D eigenvalue weighted by atomic mass is 19.2. The second kappa shape index (κ2) is 9.88. The van der Waals surface area contributed by atoms with Crippen LogP contribution >= 0.6 is 0 Å². The van der Waals surface area contributed by atoms with Crippen molar-refractivity contribution < 1.29 is 13.5 Å². The fourth-order valence-corrected chi connectivity index (χ4v) is 4.40. The highest BCUT2D eigenvalue weighted by Gasteiger charge is 2.22. The van der Waals surface area contributed by atoms with Crippen LogP contribution in [0.1, 0.15) is 18.9 Å². The standard InChI is InChI=1S/C24H26F2N8O/c1-35-10-9-32-7-5-18(6-8-32)34-14-17(13-30-34)16-11-19(23(27)28-12-16)24-31-29-15-33(24)21-4-2-3-20(25)22(21)26/h2-4,11-15,18H,5-10H2,1H3,(H2,27,28). The first-order valence-electron chi connectivity index (χ1n) is 11.4. The molecule has 0 atom stereocenters. The molecule has 0 amide bonds. The highest BCUT2D eigenvalue weighted by Crippen LogP contribution is 2.31. The van der Waals surface area contributed by atoms with Gasteiger partial charge in [-0.25, -0.2) is 13.8 Å². The molecule has 1 aliphatic rings. The third-order valence-electron chi connectivity index (χ3n) is 6.38. The van der Waals surface area contributed by atoms with Crippen LogP contribution < -0.4 is 5.73 Å². The molecule has 35 heavy (non-hydrogen) atoms. The molecule has 5 rings (SSSR count). The number of halogens is 2. The molecule has 3 aromatic heterocycles. The van der Waals surface area contributed by atoms with Crippen molar-refractivity contribution in [3.8, 4) is 28.2 Å². The van der Waals surface area contributed by atoms with Gasteiger partial charge in [-0.15, -0.1) is 10.2 Å². The van der Waals surface area contributed by atoms with Crippen molar-refractivity contribution >= 4 is 5.82 Å². The summed E-state index contributed by atoms with van der Waals surface area (Å²) < 4.78 is 36.8. The average molecular weight is 481 g/mol. The molecule has 1 aliphatic heterocycles. The molecule has 1 saturated heterocycles.